The minimum atomic E-state index is -4.12. The topological polar surface area (TPSA) is 189 Å². The number of nitrogens with zero attached hydrogens (tertiary/aromatic N) is 2. The van der Waals surface area contributed by atoms with Crippen LogP contribution >= 0.6 is 0 Å². The summed E-state index contributed by atoms with van der Waals surface area (Å²) in [5.41, 5.74) is 3.53. The van der Waals surface area contributed by atoms with Crippen LogP contribution in [0, 0.1) is 27.7 Å². The molecule has 0 spiro atoms. The fourth-order valence-corrected chi connectivity index (χ4v) is 10.8. The van der Waals surface area contributed by atoms with Gasteiger partial charge in [0.1, 0.15) is 0 Å². The average Bonchev–Trinajstić information content (AvgIpc) is 3.17. The molecule has 348 valence electrons. The molecule has 0 heterocycles. The van der Waals surface area contributed by atoms with Crippen molar-refractivity contribution >= 4 is 40.5 Å². The summed E-state index contributed by atoms with van der Waals surface area (Å²) in [6.07, 6.45) is -3.43. The fraction of sp³-hybridized carbons (Fsp3) is 0.455. The third-order valence-corrected chi connectivity index (χ3v) is 15.3. The lowest BCUT2D eigenvalue weighted by atomic mass is 10.2. The molecular formula is C44H60N2O13S4. The number of benzene rings is 4. The number of hydrogen-bond acceptors (Lipinski definition) is 15. The van der Waals surface area contributed by atoms with Crippen LogP contribution in [0.3, 0.4) is 0 Å². The zero-order valence-electron chi connectivity index (χ0n) is 37.0. The van der Waals surface area contributed by atoms with Crippen molar-refractivity contribution in [1.82, 2.24) is 9.80 Å². The van der Waals surface area contributed by atoms with Crippen molar-refractivity contribution in [3.63, 3.8) is 0 Å². The molecule has 0 aromatic heterocycles. The number of ether oxygens (including phenoxy) is 1. The Morgan fingerprint density at radius 2 is 0.556 bits per heavy atom. The molecule has 19 heteroatoms. The highest BCUT2D eigenvalue weighted by atomic mass is 32.2. The molecule has 15 nitrogen and oxygen atoms in total. The molecule has 0 radical (unpaired) electrons. The maximum Gasteiger partial charge on any atom is 0.297 e. The lowest BCUT2D eigenvalue weighted by Crippen LogP contribution is -2.42. The predicted molar refractivity (Wildman–Crippen MR) is 239 cm³/mol. The van der Waals surface area contributed by atoms with Crippen molar-refractivity contribution in [1.29, 1.82) is 0 Å². The Kier molecular flexibility index (Phi) is 19.0. The first-order chi connectivity index (χ1) is 29.4. The molecule has 0 aliphatic heterocycles. The van der Waals surface area contributed by atoms with Gasteiger partial charge in [-0.1, -0.05) is 70.8 Å². The van der Waals surface area contributed by atoms with Gasteiger partial charge in [-0.25, -0.2) is 0 Å². The zero-order valence-corrected chi connectivity index (χ0v) is 40.3. The van der Waals surface area contributed by atoms with Gasteiger partial charge in [0.2, 0.25) is 0 Å². The van der Waals surface area contributed by atoms with Gasteiger partial charge < -0.3 is 4.74 Å². The lowest BCUT2D eigenvalue weighted by Gasteiger charge is -2.29. The molecule has 4 aromatic rings. The third kappa shape index (κ3) is 17.0. The van der Waals surface area contributed by atoms with E-state index >= 15 is 0 Å². The molecule has 4 atom stereocenters. The van der Waals surface area contributed by atoms with Crippen LogP contribution in [0.1, 0.15) is 49.9 Å². The summed E-state index contributed by atoms with van der Waals surface area (Å²) in [6, 6.07) is 25.0. The van der Waals surface area contributed by atoms with Crippen LogP contribution in [0.4, 0.5) is 0 Å². The monoisotopic (exact) mass is 952 g/mol. The van der Waals surface area contributed by atoms with Crippen molar-refractivity contribution in [3.05, 3.63) is 119 Å². The van der Waals surface area contributed by atoms with Gasteiger partial charge in [0.05, 0.1) is 57.2 Å². The van der Waals surface area contributed by atoms with E-state index in [-0.39, 0.29) is 72.1 Å². The van der Waals surface area contributed by atoms with Gasteiger partial charge in [-0.2, -0.15) is 33.7 Å². The summed E-state index contributed by atoms with van der Waals surface area (Å²) < 4.78 is 133. The standard InChI is InChI=1S/C44H60N2O13S4/c1-33-9-17-41(18-10-33)60(47,48)56-37(5)29-45(30-38(6)57-61(49,50)42-19-11-34(2)12-20-42)25-27-55-28-26-46(31-39(7)58-62(51,52)43-21-13-35(3)14-22-43)32-40(8)59-63(53,54)44-23-15-36(4)16-24-44/h9-24,37-40H,25-32H2,1-8H3. The van der Waals surface area contributed by atoms with Crippen molar-refractivity contribution in [2.45, 2.75) is 99.4 Å². The van der Waals surface area contributed by atoms with Gasteiger partial charge in [0, 0.05) is 39.3 Å². The fourth-order valence-electron chi connectivity index (χ4n) is 6.49. The Bertz CT molecular complexity index is 2150. The van der Waals surface area contributed by atoms with Crippen molar-refractivity contribution in [2.75, 3.05) is 52.5 Å². The normalized spacial score (nSPS) is 14.8. The van der Waals surface area contributed by atoms with Crippen LogP contribution in [0.25, 0.3) is 0 Å². The Balaban J connectivity index is 1.44. The summed E-state index contributed by atoms with van der Waals surface area (Å²) in [5, 5.41) is 0. The lowest BCUT2D eigenvalue weighted by molar-refractivity contribution is 0.0453. The molecule has 4 rings (SSSR count). The van der Waals surface area contributed by atoms with E-state index in [0.717, 1.165) is 22.3 Å². The van der Waals surface area contributed by atoms with Crippen molar-refractivity contribution < 1.29 is 55.1 Å². The third-order valence-electron chi connectivity index (χ3n) is 9.57. The highest BCUT2D eigenvalue weighted by Crippen LogP contribution is 2.20. The highest BCUT2D eigenvalue weighted by molar-refractivity contribution is 7.87. The molecule has 4 unspecified atom stereocenters. The number of aryl methyl sites for hydroxylation is 4. The predicted octanol–water partition coefficient (Wildman–Crippen LogP) is 6.02. The maximum absolute atomic E-state index is 13.1. The SMILES string of the molecule is Cc1ccc(S(=O)(=O)OC(C)CN(CCOCCN(CC(C)OS(=O)(=O)c2ccc(C)cc2)CC(C)OS(=O)(=O)c2ccc(C)cc2)CC(C)OS(=O)(=O)c2ccc(C)cc2)cc1. The van der Waals surface area contributed by atoms with E-state index in [1.165, 1.54) is 48.5 Å². The van der Waals surface area contributed by atoms with E-state index in [4.69, 9.17) is 21.5 Å². The Morgan fingerprint density at radius 3 is 0.746 bits per heavy atom. The number of rotatable bonds is 26. The highest BCUT2D eigenvalue weighted by Gasteiger charge is 2.27. The van der Waals surface area contributed by atoms with Gasteiger partial charge in [0.15, 0.2) is 0 Å². The Labute approximate surface area is 374 Å². The maximum atomic E-state index is 13.1. The molecule has 0 bridgehead atoms. The van der Waals surface area contributed by atoms with Crippen molar-refractivity contribution in [2.24, 2.45) is 0 Å². The average molecular weight is 953 g/mol. The molecule has 0 saturated carbocycles. The van der Waals surface area contributed by atoms with E-state index in [1.54, 1.807) is 86.0 Å². The summed E-state index contributed by atoms with van der Waals surface area (Å²) in [6.45, 7) is 14.6. The van der Waals surface area contributed by atoms with E-state index in [0.29, 0.717) is 0 Å². The van der Waals surface area contributed by atoms with Gasteiger partial charge >= 0.3 is 0 Å². The molecular weight excluding hydrogens is 893 g/mol. The molecule has 0 saturated heterocycles. The van der Waals surface area contributed by atoms with E-state index in [9.17, 15) is 33.7 Å². The van der Waals surface area contributed by atoms with E-state index < -0.39 is 64.9 Å². The van der Waals surface area contributed by atoms with Gasteiger partial charge in [-0.05, 0) is 104 Å². The molecule has 4 aromatic carbocycles. The van der Waals surface area contributed by atoms with Gasteiger partial charge in [-0.3, -0.25) is 26.5 Å². The minimum Gasteiger partial charge on any atom is -0.379 e. The molecule has 0 N–H and O–H groups in total. The smallest absolute Gasteiger partial charge is 0.297 e. The van der Waals surface area contributed by atoms with Crippen LogP contribution in [0.2, 0.25) is 0 Å². The van der Waals surface area contributed by atoms with Crippen LogP contribution in [0.5, 0.6) is 0 Å². The first kappa shape index (κ1) is 52.0. The molecule has 0 aliphatic carbocycles. The summed E-state index contributed by atoms with van der Waals surface area (Å²) in [5.74, 6) is 0. The van der Waals surface area contributed by atoms with E-state index in [2.05, 4.69) is 0 Å². The second-order valence-electron chi connectivity index (χ2n) is 15.8. The van der Waals surface area contributed by atoms with Crippen LogP contribution < -0.4 is 0 Å². The van der Waals surface area contributed by atoms with Gasteiger partial charge in [0.25, 0.3) is 40.5 Å². The van der Waals surface area contributed by atoms with Crippen LogP contribution in [0.15, 0.2) is 117 Å². The minimum absolute atomic E-state index is 0.000198. The first-order valence-corrected chi connectivity index (χ1v) is 26.1. The first-order valence-electron chi connectivity index (χ1n) is 20.5. The molecule has 0 aliphatic rings. The van der Waals surface area contributed by atoms with Crippen LogP contribution in [-0.4, -0.2) is 120 Å². The number of hydrogen-bond donors (Lipinski definition) is 0. The quantitative estimate of drug-likeness (QED) is 0.0525. The van der Waals surface area contributed by atoms with Gasteiger partial charge in [-0.15, -0.1) is 0 Å². The molecule has 63 heavy (non-hydrogen) atoms. The largest absolute Gasteiger partial charge is 0.379 e. The van der Waals surface area contributed by atoms with Crippen molar-refractivity contribution in [3.8, 4) is 0 Å². The zero-order chi connectivity index (χ0) is 46.6. The van der Waals surface area contributed by atoms with E-state index in [1.807, 2.05) is 27.7 Å². The molecule has 0 amide bonds. The summed E-state index contributed by atoms with van der Waals surface area (Å²) in [4.78, 5) is 3.56. The summed E-state index contributed by atoms with van der Waals surface area (Å²) in [7, 11) is -16.5. The second kappa shape index (κ2) is 23.0. The molecule has 0 fully saturated rings. The Morgan fingerprint density at radius 1 is 0.365 bits per heavy atom. The second-order valence-corrected chi connectivity index (χ2v) is 22.1. The Hall–Kier alpha value is -3.60. The van der Waals surface area contributed by atoms with Crippen LogP contribution in [-0.2, 0) is 61.9 Å². The summed E-state index contributed by atoms with van der Waals surface area (Å²) >= 11 is 0.